The SMILES string of the molecule is CCOC(=O)C(CCCCC#CC(OC)OC)C(=O)OCC. The van der Waals surface area contributed by atoms with Crippen molar-refractivity contribution in [2.24, 2.45) is 5.92 Å². The maximum absolute atomic E-state index is 11.8. The summed E-state index contributed by atoms with van der Waals surface area (Å²) in [5, 5.41) is 0. The fourth-order valence-electron chi connectivity index (χ4n) is 1.75. The van der Waals surface area contributed by atoms with Gasteiger partial charge in [-0.25, -0.2) is 0 Å². The molecule has 0 spiro atoms. The van der Waals surface area contributed by atoms with E-state index in [9.17, 15) is 9.59 Å². The van der Waals surface area contributed by atoms with Crippen LogP contribution in [-0.4, -0.2) is 45.7 Å². The van der Waals surface area contributed by atoms with Crippen LogP contribution in [0.3, 0.4) is 0 Å². The predicted molar refractivity (Wildman–Crippen MR) is 80.8 cm³/mol. The van der Waals surface area contributed by atoms with E-state index in [1.54, 1.807) is 13.8 Å². The van der Waals surface area contributed by atoms with Crippen molar-refractivity contribution >= 4 is 11.9 Å². The van der Waals surface area contributed by atoms with Gasteiger partial charge in [0.2, 0.25) is 6.29 Å². The average molecular weight is 314 g/mol. The molecule has 0 amide bonds. The number of methoxy groups -OCH3 is 2. The summed E-state index contributed by atoms with van der Waals surface area (Å²) < 4.78 is 19.7. The number of hydrogen-bond donors (Lipinski definition) is 0. The maximum atomic E-state index is 11.8. The minimum Gasteiger partial charge on any atom is -0.465 e. The Morgan fingerprint density at radius 1 is 0.955 bits per heavy atom. The molecule has 0 rings (SSSR count). The molecule has 0 fully saturated rings. The molecule has 0 saturated carbocycles. The van der Waals surface area contributed by atoms with Gasteiger partial charge in [0.05, 0.1) is 13.2 Å². The molecule has 0 aromatic carbocycles. The van der Waals surface area contributed by atoms with E-state index < -0.39 is 24.1 Å². The van der Waals surface area contributed by atoms with Crippen LogP contribution in [0, 0.1) is 17.8 Å². The number of esters is 2. The van der Waals surface area contributed by atoms with E-state index in [1.807, 2.05) is 0 Å². The average Bonchev–Trinajstić information content (AvgIpc) is 2.50. The molecular formula is C16H26O6. The standard InChI is InChI=1S/C16H26O6/c1-5-21-15(17)13(16(18)22-6-2)11-9-7-8-10-12-14(19-3)20-4/h13-14H,5-9,11H2,1-4H3. The molecule has 22 heavy (non-hydrogen) atoms. The van der Waals surface area contributed by atoms with Gasteiger partial charge in [-0.1, -0.05) is 12.3 Å². The van der Waals surface area contributed by atoms with Crippen LogP contribution < -0.4 is 0 Å². The normalized spacial score (nSPS) is 10.3. The Morgan fingerprint density at radius 2 is 1.50 bits per heavy atom. The second kappa shape index (κ2) is 13.1. The second-order valence-corrected chi connectivity index (χ2v) is 4.43. The van der Waals surface area contributed by atoms with Gasteiger partial charge < -0.3 is 18.9 Å². The molecule has 0 aromatic heterocycles. The van der Waals surface area contributed by atoms with E-state index in [0.717, 1.165) is 6.42 Å². The minimum absolute atomic E-state index is 0.246. The van der Waals surface area contributed by atoms with Crippen molar-refractivity contribution in [1.29, 1.82) is 0 Å². The van der Waals surface area contributed by atoms with Crippen LogP contribution >= 0.6 is 0 Å². The highest BCUT2D eigenvalue weighted by molar-refractivity contribution is 5.94. The molecule has 6 nitrogen and oxygen atoms in total. The minimum atomic E-state index is -0.849. The smallest absolute Gasteiger partial charge is 0.320 e. The van der Waals surface area contributed by atoms with Gasteiger partial charge in [0, 0.05) is 20.6 Å². The van der Waals surface area contributed by atoms with Crippen molar-refractivity contribution in [3.8, 4) is 11.8 Å². The van der Waals surface area contributed by atoms with Gasteiger partial charge in [-0.15, -0.1) is 0 Å². The van der Waals surface area contributed by atoms with Crippen LogP contribution in [-0.2, 0) is 28.5 Å². The summed E-state index contributed by atoms with van der Waals surface area (Å²) >= 11 is 0. The molecule has 0 N–H and O–H groups in total. The zero-order chi connectivity index (χ0) is 16.8. The molecule has 0 saturated heterocycles. The van der Waals surface area contributed by atoms with Gasteiger partial charge in [-0.05, 0) is 32.6 Å². The first-order valence-corrected chi connectivity index (χ1v) is 7.47. The third-order valence-electron chi connectivity index (χ3n) is 2.83. The van der Waals surface area contributed by atoms with Gasteiger partial charge in [0.25, 0.3) is 0 Å². The molecule has 0 aliphatic carbocycles. The van der Waals surface area contributed by atoms with Crippen LogP contribution in [0.5, 0.6) is 0 Å². The topological polar surface area (TPSA) is 71.1 Å². The lowest BCUT2D eigenvalue weighted by molar-refractivity contribution is -0.161. The molecule has 0 atom stereocenters. The van der Waals surface area contributed by atoms with E-state index in [2.05, 4.69) is 11.8 Å². The van der Waals surface area contributed by atoms with Gasteiger partial charge in [-0.3, -0.25) is 9.59 Å². The zero-order valence-corrected chi connectivity index (χ0v) is 13.8. The second-order valence-electron chi connectivity index (χ2n) is 4.43. The lowest BCUT2D eigenvalue weighted by Crippen LogP contribution is -2.28. The van der Waals surface area contributed by atoms with Crippen molar-refractivity contribution in [2.75, 3.05) is 27.4 Å². The quantitative estimate of drug-likeness (QED) is 0.202. The molecule has 0 unspecified atom stereocenters. The highest BCUT2D eigenvalue weighted by Crippen LogP contribution is 2.14. The van der Waals surface area contributed by atoms with Crippen molar-refractivity contribution in [3.63, 3.8) is 0 Å². The summed E-state index contributed by atoms with van der Waals surface area (Å²) in [4.78, 5) is 23.5. The lowest BCUT2D eigenvalue weighted by Gasteiger charge is -2.13. The summed E-state index contributed by atoms with van der Waals surface area (Å²) in [6.45, 7) is 3.90. The molecule has 126 valence electrons. The molecule has 0 aliphatic heterocycles. The molecular weight excluding hydrogens is 288 g/mol. The first-order valence-electron chi connectivity index (χ1n) is 7.47. The number of hydrogen-bond acceptors (Lipinski definition) is 6. The van der Waals surface area contributed by atoms with E-state index in [4.69, 9.17) is 18.9 Å². The van der Waals surface area contributed by atoms with Gasteiger partial charge in [-0.2, -0.15) is 0 Å². The summed E-state index contributed by atoms with van der Waals surface area (Å²) in [7, 11) is 3.04. The number of unbranched alkanes of at least 4 members (excludes halogenated alkanes) is 2. The Morgan fingerprint density at radius 3 is 1.95 bits per heavy atom. The summed E-state index contributed by atoms with van der Waals surface area (Å²) in [6.07, 6.45) is 1.97. The van der Waals surface area contributed by atoms with Crippen LogP contribution in [0.15, 0.2) is 0 Å². The summed E-state index contributed by atoms with van der Waals surface area (Å²) in [5.74, 6) is 3.86. The van der Waals surface area contributed by atoms with E-state index >= 15 is 0 Å². The summed E-state index contributed by atoms with van der Waals surface area (Å²) in [6, 6.07) is 0. The molecule has 6 heteroatoms. The van der Waals surface area contributed by atoms with Crippen molar-refractivity contribution in [2.45, 2.75) is 45.8 Å². The Bertz CT molecular complexity index is 360. The molecule has 0 bridgehead atoms. The Kier molecular flexibility index (Phi) is 12.2. The van der Waals surface area contributed by atoms with Crippen LogP contribution in [0.2, 0.25) is 0 Å². The van der Waals surface area contributed by atoms with E-state index in [1.165, 1.54) is 14.2 Å². The fraction of sp³-hybridized carbons (Fsp3) is 0.750. The zero-order valence-electron chi connectivity index (χ0n) is 13.8. The molecule has 0 aliphatic rings. The Labute approximate surface area is 132 Å². The maximum Gasteiger partial charge on any atom is 0.320 e. The van der Waals surface area contributed by atoms with Crippen LogP contribution in [0.4, 0.5) is 0 Å². The van der Waals surface area contributed by atoms with E-state index in [-0.39, 0.29) is 13.2 Å². The van der Waals surface area contributed by atoms with E-state index in [0.29, 0.717) is 19.3 Å². The van der Waals surface area contributed by atoms with Gasteiger partial charge in [0.15, 0.2) is 5.92 Å². The van der Waals surface area contributed by atoms with Crippen LogP contribution in [0.25, 0.3) is 0 Å². The van der Waals surface area contributed by atoms with Gasteiger partial charge in [0.1, 0.15) is 0 Å². The van der Waals surface area contributed by atoms with Crippen LogP contribution in [0.1, 0.15) is 39.5 Å². The lowest BCUT2D eigenvalue weighted by atomic mass is 10.0. The largest absolute Gasteiger partial charge is 0.465 e. The number of carbonyl (C=O) groups is 2. The highest BCUT2D eigenvalue weighted by atomic mass is 16.7. The third-order valence-corrected chi connectivity index (χ3v) is 2.83. The Balaban J connectivity index is 4.23. The highest BCUT2D eigenvalue weighted by Gasteiger charge is 2.28. The number of ether oxygens (including phenoxy) is 4. The molecule has 0 aromatic rings. The fourth-order valence-corrected chi connectivity index (χ4v) is 1.75. The Hall–Kier alpha value is -1.58. The molecule has 0 heterocycles. The van der Waals surface area contributed by atoms with Crippen molar-refractivity contribution < 1.29 is 28.5 Å². The number of rotatable bonds is 10. The van der Waals surface area contributed by atoms with Crippen molar-refractivity contribution in [1.82, 2.24) is 0 Å². The van der Waals surface area contributed by atoms with Crippen molar-refractivity contribution in [3.05, 3.63) is 0 Å². The predicted octanol–water partition coefficient (Wildman–Crippen LogP) is 1.91. The summed E-state index contributed by atoms with van der Waals surface area (Å²) in [5.41, 5.74) is 0. The first kappa shape index (κ1) is 20.4. The third kappa shape index (κ3) is 8.65. The number of carbonyl (C=O) groups excluding carboxylic acids is 2. The first-order chi connectivity index (χ1) is 10.6. The monoisotopic (exact) mass is 314 g/mol. The van der Waals surface area contributed by atoms with Gasteiger partial charge >= 0.3 is 11.9 Å². The molecule has 0 radical (unpaired) electrons.